The van der Waals surface area contributed by atoms with Crippen molar-refractivity contribution >= 4 is 5.78 Å². The first-order chi connectivity index (χ1) is 9.84. The summed E-state index contributed by atoms with van der Waals surface area (Å²) in [5.41, 5.74) is 1.98. The van der Waals surface area contributed by atoms with Crippen LogP contribution >= 0.6 is 0 Å². The molecule has 3 rings (SSSR count). The highest BCUT2D eigenvalue weighted by molar-refractivity contribution is 5.94. The van der Waals surface area contributed by atoms with E-state index in [1.54, 1.807) is 6.20 Å². The maximum Gasteiger partial charge on any atom is 0.227 e. The smallest absolute Gasteiger partial charge is 0.227 e. The van der Waals surface area contributed by atoms with E-state index in [9.17, 15) is 4.79 Å². The number of carbonyl (C=O) groups excluding carboxylic acids is 1. The van der Waals surface area contributed by atoms with Crippen molar-refractivity contribution in [1.82, 2.24) is 4.98 Å². The Kier molecular flexibility index (Phi) is 3.86. The maximum atomic E-state index is 12.3. The lowest BCUT2D eigenvalue weighted by molar-refractivity contribution is -0.692. The fraction of sp³-hybridized carbons (Fsp3) is 0.353. The van der Waals surface area contributed by atoms with Crippen LogP contribution in [0.25, 0.3) is 0 Å². The summed E-state index contributed by atoms with van der Waals surface area (Å²) in [5.74, 6) is 0.716. The van der Waals surface area contributed by atoms with Gasteiger partial charge in [-0.15, -0.1) is 0 Å². The second-order valence-electron chi connectivity index (χ2n) is 5.40. The molecule has 1 saturated carbocycles. The molecule has 1 aromatic carbocycles. The van der Waals surface area contributed by atoms with Crippen LogP contribution in [0.3, 0.4) is 0 Å². The highest BCUT2D eigenvalue weighted by atomic mass is 16.1. The van der Waals surface area contributed by atoms with Crippen LogP contribution < -0.4 is 4.57 Å². The average Bonchev–Trinajstić information content (AvgIpc) is 3.03. The molecule has 1 fully saturated rings. The summed E-state index contributed by atoms with van der Waals surface area (Å²) in [7, 11) is 0. The summed E-state index contributed by atoms with van der Waals surface area (Å²) in [4.78, 5) is 16.6. The van der Waals surface area contributed by atoms with E-state index in [-0.39, 0.29) is 5.78 Å². The number of hydrogen-bond acceptors (Lipinski definition) is 2. The van der Waals surface area contributed by atoms with Crippen molar-refractivity contribution in [2.75, 3.05) is 0 Å². The standard InChI is InChI=1S/C17H19N2O/c20-17(15-8-2-1-3-9-15)13-19-11-10-18-12-16(19)14-6-4-5-7-14/h1-3,8-12,14H,4-7,13H2/q+1. The first-order valence-corrected chi connectivity index (χ1v) is 7.26. The second kappa shape index (κ2) is 5.95. The molecule has 3 nitrogen and oxygen atoms in total. The van der Waals surface area contributed by atoms with E-state index in [2.05, 4.69) is 9.55 Å². The van der Waals surface area contributed by atoms with Crippen LogP contribution in [0.2, 0.25) is 0 Å². The van der Waals surface area contributed by atoms with Gasteiger partial charge in [-0.05, 0) is 12.8 Å². The maximum absolute atomic E-state index is 12.3. The molecule has 0 saturated heterocycles. The molecule has 0 atom stereocenters. The molecule has 1 aromatic heterocycles. The van der Waals surface area contributed by atoms with Gasteiger partial charge in [-0.3, -0.25) is 9.78 Å². The van der Waals surface area contributed by atoms with Crippen LogP contribution in [0.1, 0.15) is 47.7 Å². The summed E-state index contributed by atoms with van der Waals surface area (Å²) in [6.45, 7) is 0.401. The van der Waals surface area contributed by atoms with E-state index >= 15 is 0 Å². The fourth-order valence-electron chi connectivity index (χ4n) is 2.97. The number of ketones is 1. The molecule has 0 radical (unpaired) electrons. The summed E-state index contributed by atoms with van der Waals surface area (Å²) < 4.78 is 2.07. The Balaban J connectivity index is 1.82. The molecule has 0 aliphatic heterocycles. The van der Waals surface area contributed by atoms with Crippen molar-refractivity contribution in [3.8, 4) is 0 Å². The Bertz CT molecular complexity index is 589. The lowest BCUT2D eigenvalue weighted by Crippen LogP contribution is -2.42. The summed E-state index contributed by atoms with van der Waals surface area (Å²) in [6, 6.07) is 9.49. The minimum Gasteiger partial charge on any atom is -0.287 e. The van der Waals surface area contributed by atoms with E-state index in [4.69, 9.17) is 0 Å². The Morgan fingerprint density at radius 3 is 2.70 bits per heavy atom. The van der Waals surface area contributed by atoms with Gasteiger partial charge in [-0.1, -0.05) is 43.2 Å². The Labute approximate surface area is 119 Å². The highest BCUT2D eigenvalue weighted by Crippen LogP contribution is 2.31. The van der Waals surface area contributed by atoms with Crippen molar-refractivity contribution < 1.29 is 9.36 Å². The van der Waals surface area contributed by atoms with Gasteiger partial charge in [0, 0.05) is 11.5 Å². The summed E-state index contributed by atoms with van der Waals surface area (Å²) in [6.07, 6.45) is 10.6. The average molecular weight is 267 g/mol. The lowest BCUT2D eigenvalue weighted by atomic mass is 10.0. The molecule has 2 aromatic rings. The number of hydrogen-bond donors (Lipinski definition) is 0. The molecule has 3 heteroatoms. The molecule has 1 aliphatic rings. The zero-order chi connectivity index (χ0) is 13.8. The fourth-order valence-corrected chi connectivity index (χ4v) is 2.97. The van der Waals surface area contributed by atoms with E-state index < -0.39 is 0 Å². The van der Waals surface area contributed by atoms with E-state index in [0.717, 1.165) is 5.56 Å². The first kappa shape index (κ1) is 13.0. The van der Waals surface area contributed by atoms with Gasteiger partial charge in [-0.25, -0.2) is 0 Å². The van der Waals surface area contributed by atoms with Gasteiger partial charge in [0.2, 0.25) is 18.0 Å². The lowest BCUT2D eigenvalue weighted by Gasteiger charge is -2.08. The third-order valence-corrected chi connectivity index (χ3v) is 4.05. The van der Waals surface area contributed by atoms with Crippen molar-refractivity contribution in [3.63, 3.8) is 0 Å². The molecule has 20 heavy (non-hydrogen) atoms. The van der Waals surface area contributed by atoms with Crippen molar-refractivity contribution in [1.29, 1.82) is 0 Å². The number of Topliss-reactive ketones (excluding diaryl/α,β-unsaturated/α-hetero) is 1. The van der Waals surface area contributed by atoms with Crippen LogP contribution in [0.4, 0.5) is 0 Å². The zero-order valence-electron chi connectivity index (χ0n) is 11.5. The van der Waals surface area contributed by atoms with Gasteiger partial charge < -0.3 is 0 Å². The zero-order valence-corrected chi connectivity index (χ0v) is 11.5. The molecule has 1 heterocycles. The molecule has 0 unspecified atom stereocenters. The molecule has 0 N–H and O–H groups in total. The summed E-state index contributed by atoms with van der Waals surface area (Å²) >= 11 is 0. The first-order valence-electron chi connectivity index (χ1n) is 7.26. The van der Waals surface area contributed by atoms with Crippen molar-refractivity contribution in [2.45, 2.75) is 38.1 Å². The van der Waals surface area contributed by atoms with Crippen LogP contribution in [0.5, 0.6) is 0 Å². The topological polar surface area (TPSA) is 33.8 Å². The minimum absolute atomic E-state index is 0.154. The third kappa shape index (κ3) is 2.77. The number of carbonyl (C=O) groups is 1. The Morgan fingerprint density at radius 1 is 1.20 bits per heavy atom. The molecular formula is C17H19N2O+. The SMILES string of the molecule is O=C(C[n+]1ccncc1C1CCCC1)c1ccccc1. The van der Waals surface area contributed by atoms with Gasteiger partial charge in [0.15, 0.2) is 6.20 Å². The van der Waals surface area contributed by atoms with E-state index in [0.29, 0.717) is 12.5 Å². The Hall–Kier alpha value is -2.03. The van der Waals surface area contributed by atoms with Crippen molar-refractivity contribution in [3.05, 3.63) is 60.2 Å². The quantitative estimate of drug-likeness (QED) is 0.630. The predicted octanol–water partition coefficient (Wildman–Crippen LogP) is 2.91. The van der Waals surface area contributed by atoms with Gasteiger partial charge in [0.05, 0.1) is 12.4 Å². The molecule has 102 valence electrons. The van der Waals surface area contributed by atoms with Gasteiger partial charge in [0.1, 0.15) is 0 Å². The number of rotatable bonds is 4. The number of benzene rings is 1. The van der Waals surface area contributed by atoms with Gasteiger partial charge >= 0.3 is 0 Å². The van der Waals surface area contributed by atoms with Crippen LogP contribution in [-0.4, -0.2) is 10.8 Å². The Morgan fingerprint density at radius 2 is 1.95 bits per heavy atom. The van der Waals surface area contributed by atoms with Crippen molar-refractivity contribution in [2.24, 2.45) is 0 Å². The number of aromatic nitrogens is 2. The predicted molar refractivity (Wildman–Crippen MR) is 76.4 cm³/mol. The minimum atomic E-state index is 0.154. The molecule has 0 spiro atoms. The van der Waals surface area contributed by atoms with E-state index in [1.165, 1.54) is 31.4 Å². The van der Waals surface area contributed by atoms with E-state index in [1.807, 2.05) is 42.7 Å². The van der Waals surface area contributed by atoms with Crippen LogP contribution in [0.15, 0.2) is 48.9 Å². The molecule has 0 bridgehead atoms. The second-order valence-corrected chi connectivity index (χ2v) is 5.40. The third-order valence-electron chi connectivity index (χ3n) is 4.05. The van der Waals surface area contributed by atoms with Gasteiger partial charge in [-0.2, -0.15) is 4.57 Å². The normalized spacial score (nSPS) is 15.4. The molecule has 1 aliphatic carbocycles. The largest absolute Gasteiger partial charge is 0.287 e. The molecule has 0 amide bonds. The van der Waals surface area contributed by atoms with Crippen LogP contribution in [-0.2, 0) is 6.54 Å². The monoisotopic (exact) mass is 267 g/mol. The summed E-state index contributed by atoms with van der Waals surface area (Å²) in [5, 5.41) is 0. The molecular weight excluding hydrogens is 248 g/mol. The van der Waals surface area contributed by atoms with Gasteiger partial charge in [0.25, 0.3) is 0 Å². The number of nitrogens with zero attached hydrogens (tertiary/aromatic N) is 2. The van der Waals surface area contributed by atoms with Crippen LogP contribution in [0, 0.1) is 0 Å². The highest BCUT2D eigenvalue weighted by Gasteiger charge is 2.26.